The van der Waals surface area contributed by atoms with Crippen molar-refractivity contribution in [3.05, 3.63) is 90.5 Å². The van der Waals surface area contributed by atoms with E-state index in [9.17, 15) is 9.59 Å². The standard InChI is InChI=1S/C21H19N3O2/c1-16-12-14-18(15-13-16)23-21(26)24(19-10-6-3-7-11-19)20(25)22-17-8-4-2-5-9-17/h2-15H,1H3,(H,22,25)(H,23,26). The average Bonchev–Trinajstić information content (AvgIpc) is 2.65. The van der Waals surface area contributed by atoms with E-state index >= 15 is 0 Å². The summed E-state index contributed by atoms with van der Waals surface area (Å²) in [5, 5.41) is 5.50. The summed E-state index contributed by atoms with van der Waals surface area (Å²) < 4.78 is 0. The van der Waals surface area contributed by atoms with Crippen LogP contribution in [-0.4, -0.2) is 12.1 Å². The molecule has 0 bridgehead atoms. The van der Waals surface area contributed by atoms with Gasteiger partial charge in [0.2, 0.25) is 0 Å². The van der Waals surface area contributed by atoms with Gasteiger partial charge in [0.25, 0.3) is 0 Å². The van der Waals surface area contributed by atoms with E-state index in [-0.39, 0.29) is 0 Å². The molecule has 0 spiro atoms. The number of carbonyl (C=O) groups excluding carboxylic acids is 2. The van der Waals surface area contributed by atoms with Crippen molar-refractivity contribution in [2.24, 2.45) is 0 Å². The largest absolute Gasteiger partial charge is 0.334 e. The van der Waals surface area contributed by atoms with E-state index < -0.39 is 12.1 Å². The van der Waals surface area contributed by atoms with Crippen molar-refractivity contribution in [1.29, 1.82) is 0 Å². The van der Waals surface area contributed by atoms with Gasteiger partial charge in [-0.25, -0.2) is 14.5 Å². The Balaban J connectivity index is 1.84. The van der Waals surface area contributed by atoms with Crippen molar-refractivity contribution in [3.63, 3.8) is 0 Å². The van der Waals surface area contributed by atoms with E-state index in [1.165, 1.54) is 0 Å². The molecule has 2 N–H and O–H groups in total. The van der Waals surface area contributed by atoms with Crippen LogP contribution in [0.2, 0.25) is 0 Å². The lowest BCUT2D eigenvalue weighted by Gasteiger charge is -2.22. The maximum Gasteiger partial charge on any atom is 0.334 e. The number of aryl methyl sites for hydroxylation is 1. The monoisotopic (exact) mass is 345 g/mol. The summed E-state index contributed by atoms with van der Waals surface area (Å²) in [6, 6.07) is 24.1. The molecule has 3 aromatic carbocycles. The van der Waals surface area contributed by atoms with Crippen LogP contribution in [0.1, 0.15) is 5.56 Å². The zero-order valence-electron chi connectivity index (χ0n) is 14.3. The number of imide groups is 1. The van der Waals surface area contributed by atoms with Crippen LogP contribution in [0.15, 0.2) is 84.9 Å². The van der Waals surface area contributed by atoms with Gasteiger partial charge in [0.1, 0.15) is 0 Å². The maximum atomic E-state index is 12.8. The number of hydrogen-bond acceptors (Lipinski definition) is 2. The third-order valence-electron chi connectivity index (χ3n) is 3.75. The predicted molar refractivity (Wildman–Crippen MR) is 105 cm³/mol. The minimum absolute atomic E-state index is 0.477. The Morgan fingerprint density at radius 1 is 0.654 bits per heavy atom. The Morgan fingerprint density at radius 3 is 1.65 bits per heavy atom. The molecule has 0 fully saturated rings. The third kappa shape index (κ3) is 4.27. The minimum atomic E-state index is -0.535. The Labute approximate surface area is 152 Å². The molecule has 0 unspecified atom stereocenters. The molecule has 4 amide bonds. The van der Waals surface area contributed by atoms with Crippen LogP contribution in [0.3, 0.4) is 0 Å². The van der Waals surface area contributed by atoms with Gasteiger partial charge in [-0.2, -0.15) is 0 Å². The first-order valence-corrected chi connectivity index (χ1v) is 8.22. The highest BCUT2D eigenvalue weighted by atomic mass is 16.2. The SMILES string of the molecule is Cc1ccc(NC(=O)N(C(=O)Nc2ccccc2)c2ccccc2)cc1. The van der Waals surface area contributed by atoms with Crippen LogP contribution in [0.5, 0.6) is 0 Å². The molecular formula is C21H19N3O2. The van der Waals surface area contributed by atoms with Gasteiger partial charge in [-0.3, -0.25) is 0 Å². The number of nitrogens with one attached hydrogen (secondary N) is 2. The number of nitrogens with zero attached hydrogens (tertiary/aromatic N) is 1. The summed E-state index contributed by atoms with van der Waals surface area (Å²) >= 11 is 0. The molecule has 0 aromatic heterocycles. The number of urea groups is 2. The predicted octanol–water partition coefficient (Wildman–Crippen LogP) is 5.27. The van der Waals surface area contributed by atoms with Crippen molar-refractivity contribution in [1.82, 2.24) is 0 Å². The van der Waals surface area contributed by atoms with E-state index in [0.29, 0.717) is 17.1 Å². The molecule has 5 nitrogen and oxygen atoms in total. The van der Waals surface area contributed by atoms with Crippen LogP contribution in [0.4, 0.5) is 26.7 Å². The zero-order valence-corrected chi connectivity index (χ0v) is 14.3. The van der Waals surface area contributed by atoms with Gasteiger partial charge < -0.3 is 10.6 Å². The van der Waals surface area contributed by atoms with E-state index in [1.807, 2.05) is 43.3 Å². The molecule has 26 heavy (non-hydrogen) atoms. The second-order valence-electron chi connectivity index (χ2n) is 5.76. The first kappa shape index (κ1) is 17.2. The quantitative estimate of drug-likeness (QED) is 0.679. The summed E-state index contributed by atoms with van der Waals surface area (Å²) in [5.41, 5.74) is 2.80. The molecule has 0 aliphatic heterocycles. The van der Waals surface area contributed by atoms with Crippen molar-refractivity contribution < 1.29 is 9.59 Å². The first-order chi connectivity index (χ1) is 12.6. The Morgan fingerprint density at radius 2 is 1.12 bits per heavy atom. The number of amides is 4. The Bertz CT molecular complexity index is 878. The summed E-state index contributed by atoms with van der Waals surface area (Å²) in [7, 11) is 0. The number of para-hydroxylation sites is 2. The first-order valence-electron chi connectivity index (χ1n) is 8.22. The van der Waals surface area contributed by atoms with E-state index in [2.05, 4.69) is 10.6 Å². The summed E-state index contributed by atoms with van der Waals surface area (Å²) in [5.74, 6) is 0. The molecule has 5 heteroatoms. The van der Waals surface area contributed by atoms with Gasteiger partial charge in [0.05, 0.1) is 5.69 Å². The fraction of sp³-hybridized carbons (Fsp3) is 0.0476. The molecule has 3 aromatic rings. The molecule has 0 aliphatic rings. The highest BCUT2D eigenvalue weighted by molar-refractivity contribution is 6.21. The van der Waals surface area contributed by atoms with Gasteiger partial charge in [-0.1, -0.05) is 54.1 Å². The fourth-order valence-corrected chi connectivity index (χ4v) is 2.42. The van der Waals surface area contributed by atoms with Crippen molar-refractivity contribution in [3.8, 4) is 0 Å². The van der Waals surface area contributed by atoms with E-state index in [4.69, 9.17) is 0 Å². The molecular weight excluding hydrogens is 326 g/mol. The van der Waals surface area contributed by atoms with Crippen molar-refractivity contribution in [2.45, 2.75) is 6.92 Å². The highest BCUT2D eigenvalue weighted by Gasteiger charge is 2.23. The van der Waals surface area contributed by atoms with Crippen LogP contribution in [0.25, 0.3) is 0 Å². The van der Waals surface area contributed by atoms with Crippen molar-refractivity contribution in [2.75, 3.05) is 15.5 Å². The lowest BCUT2D eigenvalue weighted by atomic mass is 10.2. The van der Waals surface area contributed by atoms with Gasteiger partial charge in [-0.15, -0.1) is 0 Å². The maximum absolute atomic E-state index is 12.8. The molecule has 0 heterocycles. The number of benzene rings is 3. The van der Waals surface area contributed by atoms with Crippen LogP contribution < -0.4 is 15.5 Å². The van der Waals surface area contributed by atoms with Gasteiger partial charge >= 0.3 is 12.1 Å². The van der Waals surface area contributed by atoms with Gasteiger partial charge in [0.15, 0.2) is 0 Å². The van der Waals surface area contributed by atoms with Gasteiger partial charge in [-0.05, 0) is 43.3 Å². The number of anilines is 3. The Hall–Kier alpha value is -3.60. The van der Waals surface area contributed by atoms with Crippen molar-refractivity contribution >= 4 is 29.1 Å². The second kappa shape index (κ2) is 7.98. The smallest absolute Gasteiger partial charge is 0.307 e. The van der Waals surface area contributed by atoms with Gasteiger partial charge in [0, 0.05) is 11.4 Å². The van der Waals surface area contributed by atoms with Crippen LogP contribution in [-0.2, 0) is 0 Å². The second-order valence-corrected chi connectivity index (χ2v) is 5.76. The van der Waals surface area contributed by atoms with E-state index in [0.717, 1.165) is 10.5 Å². The van der Waals surface area contributed by atoms with Crippen LogP contribution >= 0.6 is 0 Å². The van der Waals surface area contributed by atoms with E-state index in [1.54, 1.807) is 48.5 Å². The Kier molecular flexibility index (Phi) is 5.29. The summed E-state index contributed by atoms with van der Waals surface area (Å²) in [6.45, 7) is 1.97. The van der Waals surface area contributed by atoms with Crippen LogP contribution in [0, 0.1) is 6.92 Å². The lowest BCUT2D eigenvalue weighted by molar-refractivity contribution is 0.246. The summed E-state index contributed by atoms with van der Waals surface area (Å²) in [6.07, 6.45) is 0. The molecule has 0 atom stereocenters. The zero-order chi connectivity index (χ0) is 18.4. The summed E-state index contributed by atoms with van der Waals surface area (Å²) in [4.78, 5) is 26.6. The third-order valence-corrected chi connectivity index (χ3v) is 3.75. The molecule has 0 radical (unpaired) electrons. The number of rotatable bonds is 3. The number of hydrogen-bond donors (Lipinski definition) is 2. The highest BCUT2D eigenvalue weighted by Crippen LogP contribution is 2.18. The fourth-order valence-electron chi connectivity index (χ4n) is 2.42. The average molecular weight is 345 g/mol. The molecule has 130 valence electrons. The minimum Gasteiger partial charge on any atom is -0.307 e. The lowest BCUT2D eigenvalue weighted by Crippen LogP contribution is -2.42. The normalized spacial score (nSPS) is 10.0. The number of carbonyl (C=O) groups is 2. The topological polar surface area (TPSA) is 61.4 Å². The molecule has 0 saturated carbocycles. The molecule has 0 saturated heterocycles. The molecule has 0 aliphatic carbocycles. The molecule has 3 rings (SSSR count).